The number of aliphatic hydroxyl groups excluding tert-OH is 1. The summed E-state index contributed by atoms with van der Waals surface area (Å²) in [6, 6.07) is 1.36. The van der Waals surface area contributed by atoms with Gasteiger partial charge in [0, 0.05) is 12.2 Å². The molecule has 1 rings (SSSR count). The minimum atomic E-state index is -0.704. The third kappa shape index (κ3) is 2.57. The van der Waals surface area contributed by atoms with Crippen LogP contribution in [0.2, 0.25) is 0 Å². The maximum absolute atomic E-state index is 11.4. The molecule has 1 heterocycles. The number of aliphatic hydroxyl groups is 1. The van der Waals surface area contributed by atoms with Crippen LogP contribution in [0.3, 0.4) is 0 Å². The maximum atomic E-state index is 11.4. The Bertz CT molecular complexity index is 425. The zero-order valence-electron chi connectivity index (χ0n) is 8.20. The fourth-order valence-electron chi connectivity index (χ4n) is 1.12. The number of carbonyl (C=O) groups excluding carboxylic acids is 1. The summed E-state index contributed by atoms with van der Waals surface area (Å²) in [5.41, 5.74) is -0.319. The largest absolute Gasteiger partial charge is 0.502 e. The number of aromatic amines is 1. The average Bonchev–Trinajstić information content (AvgIpc) is 2.19. The lowest BCUT2D eigenvalue weighted by atomic mass is 10.2. The summed E-state index contributed by atoms with van der Waals surface area (Å²) in [7, 11) is 0. The van der Waals surface area contributed by atoms with E-state index in [1.165, 1.54) is 6.07 Å². The van der Waals surface area contributed by atoms with Crippen LogP contribution >= 0.6 is 0 Å². The van der Waals surface area contributed by atoms with Crippen molar-refractivity contribution in [2.75, 3.05) is 13.2 Å². The van der Waals surface area contributed by atoms with E-state index in [4.69, 9.17) is 5.11 Å². The van der Waals surface area contributed by atoms with Gasteiger partial charge in [0.2, 0.25) is 0 Å². The van der Waals surface area contributed by atoms with Crippen LogP contribution in [0, 0.1) is 6.92 Å². The molecule has 6 heteroatoms. The molecule has 0 saturated heterocycles. The highest BCUT2D eigenvalue weighted by atomic mass is 16.3. The Hall–Kier alpha value is -1.82. The number of aromatic nitrogens is 1. The van der Waals surface area contributed by atoms with Crippen LogP contribution in [0.15, 0.2) is 10.9 Å². The highest BCUT2D eigenvalue weighted by molar-refractivity contribution is 5.96. The monoisotopic (exact) mass is 212 g/mol. The van der Waals surface area contributed by atoms with Gasteiger partial charge in [-0.3, -0.25) is 9.59 Å². The van der Waals surface area contributed by atoms with Crippen molar-refractivity contribution in [1.82, 2.24) is 10.3 Å². The molecule has 0 saturated carbocycles. The van der Waals surface area contributed by atoms with Crippen LogP contribution in [0.1, 0.15) is 16.1 Å². The Morgan fingerprint density at radius 1 is 1.60 bits per heavy atom. The molecule has 0 aliphatic heterocycles. The minimum absolute atomic E-state index is 0.0735. The van der Waals surface area contributed by atoms with Gasteiger partial charge in [0.15, 0.2) is 5.75 Å². The normalized spacial score (nSPS) is 10.0. The van der Waals surface area contributed by atoms with Crippen LogP contribution in [0.4, 0.5) is 0 Å². The molecule has 0 aliphatic rings. The van der Waals surface area contributed by atoms with Crippen LogP contribution in [-0.4, -0.2) is 34.3 Å². The lowest BCUT2D eigenvalue weighted by molar-refractivity contribution is 0.0941. The number of amides is 1. The summed E-state index contributed by atoms with van der Waals surface area (Å²) >= 11 is 0. The van der Waals surface area contributed by atoms with Crippen LogP contribution in [-0.2, 0) is 0 Å². The smallest absolute Gasteiger partial charge is 0.291 e. The molecule has 0 aliphatic carbocycles. The average molecular weight is 212 g/mol. The van der Waals surface area contributed by atoms with E-state index in [1.54, 1.807) is 6.92 Å². The van der Waals surface area contributed by atoms with Gasteiger partial charge in [-0.1, -0.05) is 0 Å². The third-order valence-corrected chi connectivity index (χ3v) is 1.78. The van der Waals surface area contributed by atoms with E-state index in [0.29, 0.717) is 5.69 Å². The first kappa shape index (κ1) is 11.3. The van der Waals surface area contributed by atoms with E-state index in [9.17, 15) is 14.7 Å². The number of hydrogen-bond acceptors (Lipinski definition) is 4. The van der Waals surface area contributed by atoms with Crippen LogP contribution in [0.25, 0.3) is 0 Å². The molecule has 0 unspecified atom stereocenters. The molecule has 0 bridgehead atoms. The lowest BCUT2D eigenvalue weighted by Crippen LogP contribution is -2.28. The van der Waals surface area contributed by atoms with Crippen molar-refractivity contribution in [2.45, 2.75) is 6.92 Å². The van der Waals surface area contributed by atoms with Crippen molar-refractivity contribution < 1.29 is 15.0 Å². The zero-order valence-corrected chi connectivity index (χ0v) is 8.20. The number of carbonyl (C=O) groups is 1. The standard InChI is InChI=1S/C9H12N2O4/c1-5-4-6(7(13)9(15)11-5)8(14)10-2-3-12/h4,12-13H,2-3H2,1H3,(H,10,14)(H,11,15). The second-order valence-electron chi connectivity index (χ2n) is 3.02. The molecule has 0 aromatic carbocycles. The van der Waals surface area contributed by atoms with Gasteiger partial charge in [-0.25, -0.2) is 0 Å². The number of hydrogen-bond donors (Lipinski definition) is 4. The van der Waals surface area contributed by atoms with E-state index < -0.39 is 17.2 Å². The van der Waals surface area contributed by atoms with Gasteiger partial charge in [0.05, 0.1) is 12.2 Å². The quantitative estimate of drug-likeness (QED) is 0.522. The van der Waals surface area contributed by atoms with Crippen molar-refractivity contribution in [2.24, 2.45) is 0 Å². The Kier molecular flexibility index (Phi) is 3.46. The Labute approximate surface area is 85.6 Å². The highest BCUT2D eigenvalue weighted by Gasteiger charge is 2.13. The maximum Gasteiger partial charge on any atom is 0.291 e. The van der Waals surface area contributed by atoms with Gasteiger partial charge >= 0.3 is 0 Å². The van der Waals surface area contributed by atoms with Gasteiger partial charge in [0.1, 0.15) is 0 Å². The zero-order chi connectivity index (χ0) is 11.4. The van der Waals surface area contributed by atoms with Crippen molar-refractivity contribution in [3.05, 3.63) is 27.7 Å². The number of H-pyrrole nitrogens is 1. The fourth-order valence-corrected chi connectivity index (χ4v) is 1.12. The minimum Gasteiger partial charge on any atom is -0.502 e. The molecule has 1 aromatic heterocycles. The summed E-state index contributed by atoms with van der Waals surface area (Å²) in [6.45, 7) is 1.47. The van der Waals surface area contributed by atoms with Gasteiger partial charge in [-0.2, -0.15) is 0 Å². The first-order valence-electron chi connectivity index (χ1n) is 4.38. The summed E-state index contributed by atoms with van der Waals surface area (Å²) in [6.07, 6.45) is 0. The molecule has 82 valence electrons. The molecule has 1 aromatic rings. The summed E-state index contributed by atoms with van der Waals surface area (Å²) in [5.74, 6) is -1.20. The highest BCUT2D eigenvalue weighted by Crippen LogP contribution is 2.10. The summed E-state index contributed by atoms with van der Waals surface area (Å²) < 4.78 is 0. The second-order valence-corrected chi connectivity index (χ2v) is 3.02. The van der Waals surface area contributed by atoms with Crippen molar-refractivity contribution in [3.8, 4) is 5.75 Å². The molecule has 0 spiro atoms. The predicted molar refractivity (Wildman–Crippen MR) is 52.9 cm³/mol. The molecule has 6 nitrogen and oxygen atoms in total. The summed E-state index contributed by atoms with van der Waals surface area (Å²) in [5, 5.41) is 20.2. The first-order chi connectivity index (χ1) is 7.06. The van der Waals surface area contributed by atoms with Gasteiger partial charge in [0.25, 0.3) is 11.5 Å². The molecular weight excluding hydrogens is 200 g/mol. The molecule has 0 fully saturated rings. The van der Waals surface area contributed by atoms with Gasteiger partial charge in [-0.05, 0) is 13.0 Å². The number of aromatic hydroxyl groups is 1. The molecule has 1 amide bonds. The Morgan fingerprint density at radius 3 is 2.87 bits per heavy atom. The van der Waals surface area contributed by atoms with Gasteiger partial charge in [-0.15, -0.1) is 0 Å². The fraction of sp³-hybridized carbons (Fsp3) is 0.333. The molecular formula is C9H12N2O4. The van der Waals surface area contributed by atoms with Gasteiger partial charge < -0.3 is 20.5 Å². The van der Waals surface area contributed by atoms with Crippen molar-refractivity contribution >= 4 is 5.91 Å². The van der Waals surface area contributed by atoms with E-state index >= 15 is 0 Å². The third-order valence-electron chi connectivity index (χ3n) is 1.78. The van der Waals surface area contributed by atoms with Crippen LogP contribution in [0.5, 0.6) is 5.75 Å². The Morgan fingerprint density at radius 2 is 2.27 bits per heavy atom. The van der Waals surface area contributed by atoms with Crippen molar-refractivity contribution in [3.63, 3.8) is 0 Å². The predicted octanol–water partition coefficient (Wildman–Crippen LogP) is -0.889. The molecule has 15 heavy (non-hydrogen) atoms. The molecule has 4 N–H and O–H groups in total. The first-order valence-corrected chi connectivity index (χ1v) is 4.38. The van der Waals surface area contributed by atoms with E-state index in [-0.39, 0.29) is 18.7 Å². The summed E-state index contributed by atoms with van der Waals surface area (Å²) in [4.78, 5) is 24.9. The van der Waals surface area contributed by atoms with E-state index in [0.717, 1.165) is 0 Å². The SMILES string of the molecule is Cc1cc(C(=O)NCCO)c(O)c(=O)[nH]1. The lowest BCUT2D eigenvalue weighted by Gasteiger charge is -2.05. The molecule has 0 atom stereocenters. The number of pyridine rings is 1. The second kappa shape index (κ2) is 4.61. The Balaban J connectivity index is 3.03. The number of rotatable bonds is 3. The number of aryl methyl sites for hydroxylation is 1. The number of nitrogens with one attached hydrogen (secondary N) is 2. The van der Waals surface area contributed by atoms with E-state index in [2.05, 4.69) is 10.3 Å². The van der Waals surface area contributed by atoms with E-state index in [1.807, 2.05) is 0 Å². The van der Waals surface area contributed by atoms with Crippen LogP contribution < -0.4 is 10.9 Å². The van der Waals surface area contributed by atoms with Crippen molar-refractivity contribution in [1.29, 1.82) is 0 Å². The molecule has 0 radical (unpaired) electrons. The topological polar surface area (TPSA) is 102 Å².